The second-order valence-electron chi connectivity index (χ2n) is 11.3. The third-order valence-electron chi connectivity index (χ3n) is 9.13. The van der Waals surface area contributed by atoms with E-state index >= 15 is 0 Å². The molecule has 0 saturated carbocycles. The largest absolute Gasteiger partial charge is 0.315 e. The Labute approximate surface area is 249 Å². The van der Waals surface area contributed by atoms with Gasteiger partial charge in [0.25, 0.3) is 0 Å². The number of nitrogens with zero attached hydrogens (tertiary/aromatic N) is 4. The highest BCUT2D eigenvalue weighted by atomic mass is 15.4. The van der Waals surface area contributed by atoms with Crippen LogP contribution >= 0.6 is 0 Å². The highest BCUT2D eigenvalue weighted by molar-refractivity contribution is 6.09. The van der Waals surface area contributed by atoms with Gasteiger partial charge in [0, 0.05) is 29.1 Å². The Morgan fingerprint density at radius 1 is 0.535 bits per heavy atom. The van der Waals surface area contributed by atoms with Crippen LogP contribution < -0.4 is 4.90 Å². The summed E-state index contributed by atoms with van der Waals surface area (Å²) in [4.78, 5) is 7.51. The van der Waals surface area contributed by atoms with Crippen LogP contribution in [0.3, 0.4) is 0 Å². The molecule has 0 spiro atoms. The number of benzene rings is 6. The molecule has 0 unspecified atom stereocenters. The number of aromatic nitrogens is 3. The van der Waals surface area contributed by atoms with Crippen molar-refractivity contribution < 1.29 is 0 Å². The molecule has 3 heterocycles. The molecule has 6 aromatic carbocycles. The molecule has 0 fully saturated rings. The molecule has 0 aliphatic carbocycles. The first-order valence-corrected chi connectivity index (χ1v) is 14.7. The van der Waals surface area contributed by atoms with E-state index in [1.54, 1.807) is 0 Å². The Balaban J connectivity index is 1.42. The van der Waals surface area contributed by atoms with E-state index in [4.69, 9.17) is 4.98 Å². The summed E-state index contributed by atoms with van der Waals surface area (Å²) >= 11 is 0. The smallest absolute Gasteiger partial charge is 0.212 e. The molecular formula is C39H28N4. The Kier molecular flexibility index (Phi) is 5.00. The fourth-order valence-electron chi connectivity index (χ4n) is 7.33. The minimum atomic E-state index is -0.630. The Morgan fingerprint density at radius 3 is 1.70 bits per heavy atom. The molecule has 1 aliphatic rings. The molecule has 0 saturated heterocycles. The van der Waals surface area contributed by atoms with E-state index in [1.807, 2.05) is 0 Å². The molecule has 4 nitrogen and oxygen atoms in total. The molecule has 0 amide bonds. The molecule has 4 heteroatoms. The standard InChI is InChI=1S/C39H28N4/c1-41-37-26-29(42-34-21-11-8-18-30(34)31-19-9-12-22-35(31)42)24-25-32(37)39(27-14-4-2-5-15-27,28-16-6-3-7-17-28)43-36-23-13-10-20-33(36)40-38(41)43/h2-26H,1H3. The molecule has 43 heavy (non-hydrogen) atoms. The highest BCUT2D eigenvalue weighted by Gasteiger charge is 2.47. The lowest BCUT2D eigenvalue weighted by molar-refractivity contribution is 0.517. The average Bonchev–Trinajstić information content (AvgIpc) is 3.63. The van der Waals surface area contributed by atoms with E-state index in [0.717, 1.165) is 28.4 Å². The summed E-state index contributed by atoms with van der Waals surface area (Å²) in [6.07, 6.45) is 0. The highest BCUT2D eigenvalue weighted by Crippen LogP contribution is 2.53. The van der Waals surface area contributed by atoms with Gasteiger partial charge < -0.3 is 9.47 Å². The first kappa shape index (κ1) is 24.0. The van der Waals surface area contributed by atoms with Crippen molar-refractivity contribution in [2.24, 2.45) is 0 Å². The second-order valence-corrected chi connectivity index (χ2v) is 11.3. The Hall–Kier alpha value is -5.61. The Bertz CT molecular complexity index is 2220. The normalized spacial score (nSPS) is 13.8. The van der Waals surface area contributed by atoms with Gasteiger partial charge in [-0.25, -0.2) is 4.98 Å². The summed E-state index contributed by atoms with van der Waals surface area (Å²) in [5, 5.41) is 2.52. The van der Waals surface area contributed by atoms with Crippen LogP contribution in [0.4, 0.5) is 11.6 Å². The molecule has 9 rings (SSSR count). The number of imidazole rings is 1. The van der Waals surface area contributed by atoms with Gasteiger partial charge >= 0.3 is 0 Å². The fourth-order valence-corrected chi connectivity index (χ4v) is 7.33. The fraction of sp³-hybridized carbons (Fsp3) is 0.0513. The number of anilines is 2. The molecule has 0 bridgehead atoms. The van der Waals surface area contributed by atoms with Crippen molar-refractivity contribution in [1.29, 1.82) is 0 Å². The number of hydrogen-bond donors (Lipinski definition) is 0. The van der Waals surface area contributed by atoms with Gasteiger partial charge in [-0.3, -0.25) is 4.57 Å². The summed E-state index contributed by atoms with van der Waals surface area (Å²) < 4.78 is 4.83. The summed E-state index contributed by atoms with van der Waals surface area (Å²) in [5.41, 5.74) is 9.73. The van der Waals surface area contributed by atoms with Crippen molar-refractivity contribution in [3.63, 3.8) is 0 Å². The van der Waals surface area contributed by atoms with Crippen LogP contribution in [0.2, 0.25) is 0 Å². The molecule has 0 radical (unpaired) electrons. The lowest BCUT2D eigenvalue weighted by atomic mass is 9.74. The molecule has 2 aromatic heterocycles. The molecule has 0 N–H and O–H groups in total. The van der Waals surface area contributed by atoms with Gasteiger partial charge in [-0.15, -0.1) is 0 Å². The first-order valence-electron chi connectivity index (χ1n) is 14.7. The maximum atomic E-state index is 5.25. The quantitative estimate of drug-likeness (QED) is 0.219. The molecule has 8 aromatic rings. The van der Waals surface area contributed by atoms with Crippen molar-refractivity contribution >= 4 is 44.5 Å². The van der Waals surface area contributed by atoms with Gasteiger partial charge in [0.05, 0.1) is 27.8 Å². The zero-order chi connectivity index (χ0) is 28.5. The van der Waals surface area contributed by atoms with E-state index in [2.05, 4.69) is 173 Å². The van der Waals surface area contributed by atoms with E-state index in [0.29, 0.717) is 0 Å². The van der Waals surface area contributed by atoms with Gasteiger partial charge in [-0.05, 0) is 47.5 Å². The van der Waals surface area contributed by atoms with Crippen LogP contribution in [-0.2, 0) is 5.54 Å². The molecule has 0 atom stereocenters. The van der Waals surface area contributed by atoms with E-state index in [-0.39, 0.29) is 0 Å². The van der Waals surface area contributed by atoms with Gasteiger partial charge in [-0.2, -0.15) is 0 Å². The van der Waals surface area contributed by atoms with Crippen LogP contribution in [0.15, 0.2) is 152 Å². The zero-order valence-corrected chi connectivity index (χ0v) is 23.7. The lowest BCUT2D eigenvalue weighted by Crippen LogP contribution is -2.43. The number of para-hydroxylation sites is 4. The minimum absolute atomic E-state index is 0.630. The predicted molar refractivity (Wildman–Crippen MR) is 177 cm³/mol. The van der Waals surface area contributed by atoms with Crippen LogP contribution in [-0.4, -0.2) is 21.2 Å². The Morgan fingerprint density at radius 2 is 1.07 bits per heavy atom. The zero-order valence-electron chi connectivity index (χ0n) is 23.7. The van der Waals surface area contributed by atoms with Crippen LogP contribution in [0.5, 0.6) is 0 Å². The van der Waals surface area contributed by atoms with E-state index < -0.39 is 5.54 Å². The molecular weight excluding hydrogens is 524 g/mol. The summed E-state index contributed by atoms with van der Waals surface area (Å²) in [7, 11) is 2.14. The van der Waals surface area contributed by atoms with Crippen LogP contribution in [0.25, 0.3) is 38.5 Å². The minimum Gasteiger partial charge on any atom is -0.315 e. The third kappa shape index (κ3) is 3.18. The van der Waals surface area contributed by atoms with Crippen molar-refractivity contribution in [2.75, 3.05) is 11.9 Å². The van der Waals surface area contributed by atoms with Gasteiger partial charge in [-0.1, -0.05) is 115 Å². The van der Waals surface area contributed by atoms with Crippen LogP contribution in [0, 0.1) is 0 Å². The van der Waals surface area contributed by atoms with E-state index in [9.17, 15) is 0 Å². The number of hydrogen-bond acceptors (Lipinski definition) is 2. The second kappa shape index (κ2) is 8.94. The van der Waals surface area contributed by atoms with Gasteiger partial charge in [0.15, 0.2) is 0 Å². The van der Waals surface area contributed by atoms with Crippen molar-refractivity contribution in [3.05, 3.63) is 168 Å². The van der Waals surface area contributed by atoms with Crippen molar-refractivity contribution in [1.82, 2.24) is 14.1 Å². The molecule has 204 valence electrons. The maximum absolute atomic E-state index is 5.25. The van der Waals surface area contributed by atoms with Gasteiger partial charge in [0.1, 0.15) is 5.54 Å². The van der Waals surface area contributed by atoms with Gasteiger partial charge in [0.2, 0.25) is 5.95 Å². The van der Waals surface area contributed by atoms with E-state index in [1.165, 1.54) is 38.5 Å². The average molecular weight is 553 g/mol. The summed E-state index contributed by atoms with van der Waals surface area (Å²) in [6, 6.07) is 54.6. The molecule has 1 aliphatic heterocycles. The first-order chi connectivity index (χ1) is 21.3. The lowest BCUT2D eigenvalue weighted by Gasteiger charge is -2.45. The predicted octanol–water partition coefficient (Wildman–Crippen LogP) is 9.05. The van der Waals surface area contributed by atoms with Crippen LogP contribution in [0.1, 0.15) is 16.7 Å². The third-order valence-corrected chi connectivity index (χ3v) is 9.13. The SMILES string of the molecule is CN1c2cc(-n3c4ccccc4c4ccccc43)ccc2C(c2ccccc2)(c2ccccc2)n2c1nc1ccccc12. The number of rotatable bonds is 3. The maximum Gasteiger partial charge on any atom is 0.212 e. The number of fused-ring (bicyclic) bond motifs is 7. The summed E-state index contributed by atoms with van der Waals surface area (Å²) in [6.45, 7) is 0. The topological polar surface area (TPSA) is 26.0 Å². The monoisotopic (exact) mass is 552 g/mol. The van der Waals surface area contributed by atoms with Crippen molar-refractivity contribution in [2.45, 2.75) is 5.54 Å². The summed E-state index contributed by atoms with van der Waals surface area (Å²) in [5.74, 6) is 0.917. The van der Waals surface area contributed by atoms with Crippen molar-refractivity contribution in [3.8, 4) is 5.69 Å².